The van der Waals surface area contributed by atoms with E-state index in [0.717, 1.165) is 35.5 Å². The van der Waals surface area contributed by atoms with Crippen LogP contribution in [0, 0.1) is 0 Å². The minimum absolute atomic E-state index is 0.00251. The molecule has 2 aromatic carbocycles. The first-order valence-electron chi connectivity index (χ1n) is 8.18. The first kappa shape index (κ1) is 21.2. The van der Waals surface area contributed by atoms with Gasteiger partial charge in [-0.3, -0.25) is 5.01 Å². The normalized spacial score (nSPS) is 18.1. The van der Waals surface area contributed by atoms with Gasteiger partial charge in [-0.1, -0.05) is 12.1 Å². The quantitative estimate of drug-likeness (QED) is 0.638. The summed E-state index contributed by atoms with van der Waals surface area (Å²) in [5.41, 5.74) is -1.61. The molecule has 2 aromatic rings. The lowest BCUT2D eigenvalue weighted by atomic mass is 10.0. The van der Waals surface area contributed by atoms with Crippen LogP contribution in [-0.4, -0.2) is 26.6 Å². The highest BCUT2D eigenvalue weighted by Gasteiger charge is 2.43. The van der Waals surface area contributed by atoms with Crippen molar-refractivity contribution in [2.24, 2.45) is 5.10 Å². The Balaban J connectivity index is 1.99. The third-order valence-electron chi connectivity index (χ3n) is 4.39. The fraction of sp³-hybridized carbons (Fsp3) is 0.278. The van der Waals surface area contributed by atoms with E-state index in [1.165, 1.54) is 24.3 Å². The van der Waals surface area contributed by atoms with E-state index in [4.69, 9.17) is 0 Å². The van der Waals surface area contributed by atoms with Gasteiger partial charge in [0.15, 0.2) is 9.84 Å². The monoisotopic (exact) mass is 436 g/mol. The molecule has 0 aliphatic carbocycles. The summed E-state index contributed by atoms with van der Waals surface area (Å²) in [6.07, 6.45) is -8.81. The van der Waals surface area contributed by atoms with Gasteiger partial charge in [-0.15, -0.1) is 0 Å². The molecule has 1 aliphatic heterocycles. The Morgan fingerprint density at radius 1 is 0.897 bits per heavy atom. The summed E-state index contributed by atoms with van der Waals surface area (Å²) >= 11 is 0. The van der Waals surface area contributed by atoms with Crippen LogP contribution in [0.15, 0.2) is 58.5 Å². The van der Waals surface area contributed by atoms with E-state index in [1.807, 2.05) is 0 Å². The summed E-state index contributed by atoms with van der Waals surface area (Å²) < 4.78 is 101. The van der Waals surface area contributed by atoms with Crippen molar-refractivity contribution in [1.29, 1.82) is 0 Å². The third-order valence-corrected chi connectivity index (χ3v) is 5.52. The first-order chi connectivity index (χ1) is 13.3. The Labute approximate surface area is 162 Å². The minimum atomic E-state index is -4.70. The van der Waals surface area contributed by atoms with Gasteiger partial charge in [0.25, 0.3) is 0 Å². The molecule has 0 amide bonds. The fourth-order valence-corrected chi connectivity index (χ4v) is 3.55. The molecule has 0 aromatic heterocycles. The topological polar surface area (TPSA) is 49.7 Å². The number of rotatable bonds is 3. The van der Waals surface area contributed by atoms with E-state index in [2.05, 4.69) is 5.10 Å². The van der Waals surface area contributed by atoms with Crippen LogP contribution in [-0.2, 0) is 16.0 Å². The van der Waals surface area contributed by atoms with Gasteiger partial charge >= 0.3 is 12.4 Å². The summed E-state index contributed by atoms with van der Waals surface area (Å²) in [4.78, 5) is -0.00251. The van der Waals surface area contributed by atoms with E-state index < -0.39 is 45.9 Å². The van der Waals surface area contributed by atoms with Gasteiger partial charge in [0.05, 0.1) is 22.2 Å². The largest absolute Gasteiger partial charge is 0.431 e. The molecule has 0 fully saturated rings. The van der Waals surface area contributed by atoms with Gasteiger partial charge in [-0.05, 0) is 42.0 Å². The number of hydrogen-bond donors (Lipinski definition) is 0. The Kier molecular flexibility index (Phi) is 5.14. The Bertz CT molecular complexity index is 1030. The average Bonchev–Trinajstić information content (AvgIpc) is 3.06. The van der Waals surface area contributed by atoms with Gasteiger partial charge in [-0.2, -0.15) is 31.4 Å². The number of hydrazone groups is 1. The lowest BCUT2D eigenvalue weighted by molar-refractivity contribution is -0.137. The molecule has 0 bridgehead atoms. The summed E-state index contributed by atoms with van der Waals surface area (Å²) in [5.74, 6) is 0. The van der Waals surface area contributed by atoms with Crippen molar-refractivity contribution >= 4 is 21.2 Å². The highest BCUT2D eigenvalue weighted by atomic mass is 32.2. The predicted octanol–water partition coefficient (Wildman–Crippen LogP) is 4.98. The fourth-order valence-electron chi connectivity index (χ4n) is 2.92. The number of anilines is 1. The molecule has 4 nitrogen and oxygen atoms in total. The van der Waals surface area contributed by atoms with Gasteiger partial charge in [0.1, 0.15) is 5.71 Å². The number of halogens is 6. The second-order valence-electron chi connectivity index (χ2n) is 6.49. The van der Waals surface area contributed by atoms with Crippen LogP contribution in [0.4, 0.5) is 32.0 Å². The van der Waals surface area contributed by atoms with Crippen molar-refractivity contribution in [2.75, 3.05) is 11.3 Å². The van der Waals surface area contributed by atoms with Crippen molar-refractivity contribution in [3.63, 3.8) is 0 Å². The molecular weight excluding hydrogens is 422 g/mol. The molecule has 29 heavy (non-hydrogen) atoms. The summed E-state index contributed by atoms with van der Waals surface area (Å²) in [7, 11) is -3.49. The van der Waals surface area contributed by atoms with Gasteiger partial charge in [0, 0.05) is 12.7 Å². The number of hydrogen-bond acceptors (Lipinski definition) is 4. The van der Waals surface area contributed by atoms with E-state index >= 15 is 0 Å². The molecular formula is C18H14F6N2O2S. The van der Waals surface area contributed by atoms with Crippen LogP contribution in [0.5, 0.6) is 0 Å². The molecule has 11 heteroatoms. The second kappa shape index (κ2) is 7.05. The van der Waals surface area contributed by atoms with Gasteiger partial charge < -0.3 is 0 Å². The molecule has 3 rings (SSSR count). The standard InChI is InChI=1S/C18H14F6N2O2S/c1-29(27,28)14-8-2-11(3-9-14)15-10-16(18(22,23)24)25-26(15)13-6-4-12(5-7-13)17(19,20)21/h2-9,15H,10H2,1H3. The van der Waals surface area contributed by atoms with Crippen molar-refractivity contribution in [3.05, 3.63) is 59.7 Å². The van der Waals surface area contributed by atoms with Crippen molar-refractivity contribution in [1.82, 2.24) is 0 Å². The highest BCUT2D eigenvalue weighted by Crippen LogP contribution is 2.40. The van der Waals surface area contributed by atoms with Crippen LogP contribution in [0.2, 0.25) is 0 Å². The van der Waals surface area contributed by atoms with Crippen molar-refractivity contribution < 1.29 is 34.8 Å². The Hall–Kier alpha value is -2.56. The van der Waals surface area contributed by atoms with E-state index in [-0.39, 0.29) is 10.6 Å². The van der Waals surface area contributed by atoms with Crippen molar-refractivity contribution in [2.45, 2.75) is 29.7 Å². The van der Waals surface area contributed by atoms with E-state index in [0.29, 0.717) is 5.56 Å². The highest BCUT2D eigenvalue weighted by molar-refractivity contribution is 7.90. The molecule has 156 valence electrons. The van der Waals surface area contributed by atoms with E-state index in [9.17, 15) is 34.8 Å². The summed E-state index contributed by atoms with van der Waals surface area (Å²) in [5, 5.41) is 4.57. The molecule has 0 N–H and O–H groups in total. The van der Waals surface area contributed by atoms with Gasteiger partial charge in [0.2, 0.25) is 0 Å². The maximum Gasteiger partial charge on any atom is 0.431 e. The van der Waals surface area contributed by atoms with Crippen LogP contribution < -0.4 is 5.01 Å². The number of alkyl halides is 6. The zero-order valence-electron chi connectivity index (χ0n) is 14.8. The lowest BCUT2D eigenvalue weighted by Gasteiger charge is -2.24. The van der Waals surface area contributed by atoms with Crippen LogP contribution in [0.3, 0.4) is 0 Å². The zero-order chi connectivity index (χ0) is 21.6. The molecule has 0 spiro atoms. The van der Waals surface area contributed by atoms with Crippen LogP contribution in [0.1, 0.15) is 23.6 Å². The van der Waals surface area contributed by atoms with Gasteiger partial charge in [-0.25, -0.2) is 8.42 Å². The molecule has 1 aliphatic rings. The molecule has 0 saturated carbocycles. The van der Waals surface area contributed by atoms with Crippen molar-refractivity contribution in [3.8, 4) is 0 Å². The lowest BCUT2D eigenvalue weighted by Crippen LogP contribution is -2.21. The minimum Gasteiger partial charge on any atom is -0.257 e. The number of sulfone groups is 1. The molecule has 1 atom stereocenters. The van der Waals surface area contributed by atoms with Crippen LogP contribution in [0.25, 0.3) is 0 Å². The van der Waals surface area contributed by atoms with Crippen LogP contribution >= 0.6 is 0 Å². The molecule has 1 heterocycles. The summed E-state index contributed by atoms with van der Waals surface area (Å²) in [6.45, 7) is 0. The first-order valence-corrected chi connectivity index (χ1v) is 10.1. The number of benzene rings is 2. The van der Waals surface area contributed by atoms with E-state index in [1.54, 1.807) is 0 Å². The average molecular weight is 436 g/mol. The maximum atomic E-state index is 13.2. The predicted molar refractivity (Wildman–Crippen MR) is 94.3 cm³/mol. The number of nitrogens with zero attached hydrogens (tertiary/aromatic N) is 2. The Morgan fingerprint density at radius 3 is 1.90 bits per heavy atom. The molecule has 0 saturated heterocycles. The maximum absolute atomic E-state index is 13.2. The second-order valence-corrected chi connectivity index (χ2v) is 8.51. The Morgan fingerprint density at radius 2 is 1.45 bits per heavy atom. The molecule has 0 radical (unpaired) electrons. The zero-order valence-corrected chi connectivity index (χ0v) is 15.6. The third kappa shape index (κ3) is 4.55. The summed E-state index contributed by atoms with van der Waals surface area (Å²) in [6, 6.07) is 7.94. The molecule has 1 unspecified atom stereocenters. The SMILES string of the molecule is CS(=O)(=O)c1ccc(C2CC(C(F)(F)F)=NN2c2ccc(C(F)(F)F)cc2)cc1. The smallest absolute Gasteiger partial charge is 0.257 e.